The molecule has 136 valence electrons. The van der Waals surface area contributed by atoms with Crippen LogP contribution < -0.4 is 5.73 Å². The van der Waals surface area contributed by atoms with Gasteiger partial charge in [0, 0.05) is 17.1 Å². The number of thioether (sulfide) groups is 1. The van der Waals surface area contributed by atoms with Gasteiger partial charge in [0.1, 0.15) is 16.5 Å². The molecule has 0 saturated heterocycles. The number of nitrogens with zero attached hydrogens (tertiary/aromatic N) is 2. The lowest BCUT2D eigenvalue weighted by atomic mass is 9.96. The Kier molecular flexibility index (Phi) is 4.86. The molecule has 0 fully saturated rings. The van der Waals surface area contributed by atoms with Crippen LogP contribution in [0.5, 0.6) is 0 Å². The number of hydrogen-bond donors (Lipinski definition) is 1. The molecule has 0 saturated carbocycles. The minimum absolute atomic E-state index is 0.210. The first kappa shape index (κ1) is 17.7. The summed E-state index contributed by atoms with van der Waals surface area (Å²) >= 11 is 3.11. The van der Waals surface area contributed by atoms with Crippen molar-refractivity contribution in [1.82, 2.24) is 9.97 Å². The number of halogens is 1. The second-order valence-electron chi connectivity index (χ2n) is 6.79. The smallest absolute Gasteiger partial charge is 0.191 e. The summed E-state index contributed by atoms with van der Waals surface area (Å²) in [7, 11) is 0. The molecule has 4 nitrogen and oxygen atoms in total. The summed E-state index contributed by atoms with van der Waals surface area (Å²) in [5.41, 5.74) is 8.43. The number of rotatable bonds is 4. The average molecular weight is 390 g/mol. The van der Waals surface area contributed by atoms with E-state index in [2.05, 4.69) is 23.8 Å². The van der Waals surface area contributed by atoms with Gasteiger partial charge in [0.15, 0.2) is 5.16 Å². The fraction of sp³-hybridized carbons (Fsp3) is 0.368. The highest BCUT2D eigenvalue weighted by atomic mass is 32.2. The molecule has 3 aromatic rings. The molecular weight excluding hydrogens is 369 g/mol. The van der Waals surface area contributed by atoms with Crippen LogP contribution in [0.2, 0.25) is 0 Å². The van der Waals surface area contributed by atoms with Gasteiger partial charge in [-0.3, -0.25) is 0 Å². The molecule has 2 N–H and O–H groups in total. The molecule has 1 aromatic carbocycles. The normalized spacial score (nSPS) is 17.0. The highest BCUT2D eigenvalue weighted by Gasteiger charge is 2.27. The standard InChI is InChI=1S/C19H20FN3OS2/c1-10(2)14-7-13-15(8-24-14)26-18-16(13)17(21)22-19(23-18)25-9-11-4-3-5-12(20)6-11/h3-6,10,14H,7-9H2,1-2H3,(H2,21,22,23). The number of ether oxygens (including phenoxy) is 1. The second kappa shape index (κ2) is 7.13. The van der Waals surface area contributed by atoms with E-state index in [9.17, 15) is 4.39 Å². The predicted octanol–water partition coefficient (Wildman–Crippen LogP) is 4.80. The zero-order chi connectivity index (χ0) is 18.3. The maximum absolute atomic E-state index is 13.3. The second-order valence-corrected chi connectivity index (χ2v) is 8.82. The van der Waals surface area contributed by atoms with Crippen molar-refractivity contribution in [1.29, 1.82) is 0 Å². The van der Waals surface area contributed by atoms with Crippen molar-refractivity contribution < 1.29 is 9.13 Å². The van der Waals surface area contributed by atoms with Gasteiger partial charge in [0.2, 0.25) is 0 Å². The van der Waals surface area contributed by atoms with E-state index in [1.165, 1.54) is 34.3 Å². The van der Waals surface area contributed by atoms with Crippen molar-refractivity contribution in [3.05, 3.63) is 46.1 Å². The lowest BCUT2D eigenvalue weighted by Crippen LogP contribution is -2.26. The van der Waals surface area contributed by atoms with Gasteiger partial charge in [0.05, 0.1) is 18.1 Å². The Balaban J connectivity index is 1.61. The Morgan fingerprint density at radius 3 is 3.00 bits per heavy atom. The van der Waals surface area contributed by atoms with Gasteiger partial charge < -0.3 is 10.5 Å². The topological polar surface area (TPSA) is 61.0 Å². The fourth-order valence-electron chi connectivity index (χ4n) is 3.15. The zero-order valence-electron chi connectivity index (χ0n) is 14.7. The van der Waals surface area contributed by atoms with Crippen molar-refractivity contribution in [2.24, 2.45) is 5.92 Å². The van der Waals surface area contributed by atoms with E-state index >= 15 is 0 Å². The number of benzene rings is 1. The Hall–Kier alpha value is -1.70. The molecule has 1 aliphatic heterocycles. The van der Waals surface area contributed by atoms with Gasteiger partial charge in [0.25, 0.3) is 0 Å². The molecular formula is C19H20FN3OS2. The number of hydrogen-bond acceptors (Lipinski definition) is 6. The molecule has 0 spiro atoms. The van der Waals surface area contributed by atoms with Gasteiger partial charge in [-0.25, -0.2) is 14.4 Å². The van der Waals surface area contributed by atoms with Crippen LogP contribution in [0.25, 0.3) is 10.2 Å². The van der Waals surface area contributed by atoms with Crippen molar-refractivity contribution in [2.75, 3.05) is 5.73 Å². The molecule has 0 aliphatic carbocycles. The third-order valence-electron chi connectivity index (χ3n) is 4.58. The SMILES string of the molecule is CC(C)C1Cc2c(sc3nc(SCc4cccc(F)c4)nc(N)c23)CO1. The van der Waals surface area contributed by atoms with Crippen LogP contribution in [0, 0.1) is 11.7 Å². The van der Waals surface area contributed by atoms with E-state index in [4.69, 9.17) is 10.5 Å². The Labute approximate surface area is 160 Å². The summed E-state index contributed by atoms with van der Waals surface area (Å²) < 4.78 is 19.3. The molecule has 0 radical (unpaired) electrons. The summed E-state index contributed by atoms with van der Waals surface area (Å²) in [5.74, 6) is 1.36. The summed E-state index contributed by atoms with van der Waals surface area (Å²) in [6.45, 7) is 4.96. The minimum Gasteiger partial charge on any atom is -0.383 e. The van der Waals surface area contributed by atoms with Gasteiger partial charge in [-0.15, -0.1) is 11.3 Å². The molecule has 2 aromatic heterocycles. The number of fused-ring (bicyclic) bond motifs is 3. The number of thiophene rings is 1. The number of aromatic nitrogens is 2. The molecule has 3 heterocycles. The van der Waals surface area contributed by atoms with E-state index in [1.807, 2.05) is 6.07 Å². The maximum Gasteiger partial charge on any atom is 0.191 e. The molecule has 1 aliphatic rings. The number of nitrogen functional groups attached to an aromatic ring is 1. The lowest BCUT2D eigenvalue weighted by molar-refractivity contribution is 0.00203. The quantitative estimate of drug-likeness (QED) is 0.513. The van der Waals surface area contributed by atoms with Crippen LogP contribution in [0.3, 0.4) is 0 Å². The van der Waals surface area contributed by atoms with Crippen molar-refractivity contribution in [3.8, 4) is 0 Å². The Morgan fingerprint density at radius 1 is 1.38 bits per heavy atom. The Bertz CT molecular complexity index is 957. The van der Waals surface area contributed by atoms with E-state index in [0.717, 1.165) is 22.2 Å². The van der Waals surface area contributed by atoms with E-state index < -0.39 is 0 Å². The van der Waals surface area contributed by atoms with Crippen molar-refractivity contribution >= 4 is 39.1 Å². The van der Waals surface area contributed by atoms with Gasteiger partial charge >= 0.3 is 0 Å². The third kappa shape index (κ3) is 3.43. The number of anilines is 1. The van der Waals surface area contributed by atoms with E-state index in [1.54, 1.807) is 17.4 Å². The maximum atomic E-state index is 13.3. The monoisotopic (exact) mass is 389 g/mol. The van der Waals surface area contributed by atoms with E-state index in [0.29, 0.717) is 29.3 Å². The third-order valence-corrected chi connectivity index (χ3v) is 6.59. The first-order valence-corrected chi connectivity index (χ1v) is 10.4. The molecule has 0 amide bonds. The molecule has 26 heavy (non-hydrogen) atoms. The lowest BCUT2D eigenvalue weighted by Gasteiger charge is -2.26. The van der Waals surface area contributed by atoms with Gasteiger partial charge in [-0.1, -0.05) is 37.7 Å². The van der Waals surface area contributed by atoms with E-state index in [-0.39, 0.29) is 11.9 Å². The Morgan fingerprint density at radius 2 is 2.23 bits per heavy atom. The van der Waals surface area contributed by atoms with Crippen molar-refractivity contribution in [2.45, 2.75) is 43.9 Å². The summed E-state index contributed by atoms with van der Waals surface area (Å²) in [6.07, 6.45) is 1.07. The summed E-state index contributed by atoms with van der Waals surface area (Å²) in [4.78, 5) is 11.3. The molecule has 1 unspecified atom stereocenters. The number of nitrogens with two attached hydrogens (primary N) is 1. The highest BCUT2D eigenvalue weighted by molar-refractivity contribution is 7.98. The largest absolute Gasteiger partial charge is 0.383 e. The van der Waals surface area contributed by atoms with Crippen LogP contribution in [0.15, 0.2) is 29.4 Å². The fourth-order valence-corrected chi connectivity index (χ4v) is 5.14. The first-order chi connectivity index (χ1) is 12.5. The summed E-state index contributed by atoms with van der Waals surface area (Å²) in [6, 6.07) is 6.58. The highest BCUT2D eigenvalue weighted by Crippen LogP contribution is 2.39. The minimum atomic E-state index is -0.232. The molecule has 4 rings (SSSR count). The van der Waals surface area contributed by atoms with Gasteiger partial charge in [-0.05, 0) is 29.2 Å². The van der Waals surface area contributed by atoms with Crippen LogP contribution >= 0.6 is 23.1 Å². The average Bonchev–Trinajstić information content (AvgIpc) is 2.98. The first-order valence-electron chi connectivity index (χ1n) is 8.58. The van der Waals surface area contributed by atoms with Crippen LogP contribution in [0.4, 0.5) is 10.2 Å². The predicted molar refractivity (Wildman–Crippen MR) is 105 cm³/mol. The van der Waals surface area contributed by atoms with Crippen LogP contribution in [0.1, 0.15) is 29.9 Å². The molecule has 1 atom stereocenters. The molecule has 0 bridgehead atoms. The zero-order valence-corrected chi connectivity index (χ0v) is 16.3. The van der Waals surface area contributed by atoms with Crippen molar-refractivity contribution in [3.63, 3.8) is 0 Å². The van der Waals surface area contributed by atoms with Crippen LogP contribution in [-0.4, -0.2) is 16.1 Å². The van der Waals surface area contributed by atoms with Gasteiger partial charge in [-0.2, -0.15) is 0 Å². The summed E-state index contributed by atoms with van der Waals surface area (Å²) in [5, 5.41) is 1.60. The van der Waals surface area contributed by atoms with Crippen LogP contribution in [-0.2, 0) is 23.5 Å². The molecule has 7 heteroatoms.